The van der Waals surface area contributed by atoms with Gasteiger partial charge in [0.2, 0.25) is 0 Å². The van der Waals surface area contributed by atoms with Gasteiger partial charge in [-0.05, 0) is 22.9 Å². The van der Waals surface area contributed by atoms with Crippen LogP contribution in [0.15, 0.2) is 4.47 Å². The predicted molar refractivity (Wildman–Crippen MR) is 61.8 cm³/mol. The Kier molecular flexibility index (Phi) is 4.00. The molecule has 1 amide bonds. The molecule has 0 aromatic carbocycles. The summed E-state index contributed by atoms with van der Waals surface area (Å²) < 4.78 is 2.41. The summed E-state index contributed by atoms with van der Waals surface area (Å²) in [5.41, 5.74) is 1.35. The molecule has 0 atom stereocenters. The molecule has 0 spiro atoms. The number of amides is 1. The van der Waals surface area contributed by atoms with Crippen LogP contribution >= 0.6 is 28.6 Å². The molecule has 14 heavy (non-hydrogen) atoms. The van der Waals surface area contributed by atoms with Gasteiger partial charge in [0.25, 0.3) is 5.91 Å². The first-order chi connectivity index (χ1) is 6.57. The fraction of sp³-hybridized carbons (Fsp3) is 0.500. The van der Waals surface area contributed by atoms with E-state index in [-0.39, 0.29) is 5.91 Å². The van der Waals surface area contributed by atoms with E-state index in [4.69, 9.17) is 0 Å². The van der Waals surface area contributed by atoms with Gasteiger partial charge in [0.15, 0.2) is 5.69 Å². The molecule has 0 fully saturated rings. The van der Waals surface area contributed by atoms with Gasteiger partial charge in [-0.2, -0.15) is 17.7 Å². The minimum absolute atomic E-state index is 0.172. The first-order valence-electron chi connectivity index (χ1n) is 4.16. The van der Waals surface area contributed by atoms with Crippen LogP contribution in [0.25, 0.3) is 0 Å². The van der Waals surface area contributed by atoms with Crippen molar-refractivity contribution in [2.45, 2.75) is 6.92 Å². The van der Waals surface area contributed by atoms with Crippen molar-refractivity contribution in [2.75, 3.05) is 12.3 Å². The van der Waals surface area contributed by atoms with Gasteiger partial charge in [-0.25, -0.2) is 0 Å². The Bertz CT molecular complexity index is 351. The highest BCUT2D eigenvalue weighted by Crippen LogP contribution is 2.19. The van der Waals surface area contributed by atoms with Crippen molar-refractivity contribution >= 4 is 34.5 Å². The average molecular weight is 278 g/mol. The highest BCUT2D eigenvalue weighted by atomic mass is 79.9. The number of hydrogen-bond acceptors (Lipinski definition) is 3. The molecule has 1 aromatic heterocycles. The molecule has 0 unspecified atom stereocenters. The topological polar surface area (TPSA) is 46.9 Å². The Morgan fingerprint density at radius 1 is 1.71 bits per heavy atom. The zero-order valence-corrected chi connectivity index (χ0v) is 10.5. The quantitative estimate of drug-likeness (QED) is 0.815. The summed E-state index contributed by atoms with van der Waals surface area (Å²) in [4.78, 5) is 11.5. The van der Waals surface area contributed by atoms with E-state index >= 15 is 0 Å². The molecule has 4 nitrogen and oxygen atoms in total. The molecule has 0 bridgehead atoms. The van der Waals surface area contributed by atoms with E-state index in [1.807, 2.05) is 6.92 Å². The third kappa shape index (κ3) is 2.30. The highest BCUT2D eigenvalue weighted by Gasteiger charge is 2.16. The maximum absolute atomic E-state index is 11.5. The van der Waals surface area contributed by atoms with Gasteiger partial charge in [-0.15, -0.1) is 0 Å². The number of carbonyl (C=O) groups excluding carboxylic acids is 1. The van der Waals surface area contributed by atoms with Crippen molar-refractivity contribution < 1.29 is 4.79 Å². The van der Waals surface area contributed by atoms with Crippen LogP contribution in [0.5, 0.6) is 0 Å². The van der Waals surface area contributed by atoms with Crippen molar-refractivity contribution in [2.24, 2.45) is 7.05 Å². The molecule has 0 aliphatic heterocycles. The molecule has 0 saturated carbocycles. The van der Waals surface area contributed by atoms with E-state index in [0.29, 0.717) is 18.0 Å². The summed E-state index contributed by atoms with van der Waals surface area (Å²) in [6.07, 6.45) is 0. The summed E-state index contributed by atoms with van der Waals surface area (Å²) in [5.74, 6) is 0.449. The maximum atomic E-state index is 11.5. The summed E-state index contributed by atoms with van der Waals surface area (Å²) in [6.45, 7) is 2.44. The molecule has 0 radical (unpaired) electrons. The lowest BCUT2D eigenvalue weighted by Crippen LogP contribution is -2.26. The van der Waals surface area contributed by atoms with Gasteiger partial charge in [-0.3, -0.25) is 9.48 Å². The lowest BCUT2D eigenvalue weighted by atomic mass is 10.3. The number of carbonyl (C=O) groups is 1. The standard InChI is InChI=1S/C8H12BrN3OS/c1-5-6(9)7(11-12(5)2)8(13)10-3-4-14/h14H,3-4H2,1-2H3,(H,10,13). The minimum Gasteiger partial charge on any atom is -0.350 e. The largest absolute Gasteiger partial charge is 0.350 e. The third-order valence-corrected chi connectivity index (χ3v) is 3.05. The van der Waals surface area contributed by atoms with Gasteiger partial charge in [0.05, 0.1) is 10.2 Å². The number of thiol groups is 1. The van der Waals surface area contributed by atoms with Crippen LogP contribution in [-0.2, 0) is 7.05 Å². The molecule has 0 aliphatic rings. The molecule has 1 rings (SSSR count). The first kappa shape index (κ1) is 11.6. The Balaban J connectivity index is 2.85. The Hall–Kier alpha value is -0.490. The predicted octanol–water partition coefficient (Wildman–Crippen LogP) is 1.15. The van der Waals surface area contributed by atoms with Crippen molar-refractivity contribution in [3.8, 4) is 0 Å². The number of aryl methyl sites for hydroxylation is 1. The number of aromatic nitrogens is 2. The van der Waals surface area contributed by atoms with Gasteiger partial charge in [-0.1, -0.05) is 0 Å². The van der Waals surface area contributed by atoms with Crippen LogP contribution < -0.4 is 5.32 Å². The average Bonchev–Trinajstić information content (AvgIpc) is 2.42. The lowest BCUT2D eigenvalue weighted by Gasteiger charge is -1.99. The zero-order chi connectivity index (χ0) is 10.7. The van der Waals surface area contributed by atoms with Crippen LogP contribution in [0, 0.1) is 6.92 Å². The number of hydrogen-bond donors (Lipinski definition) is 2. The van der Waals surface area contributed by atoms with Crippen molar-refractivity contribution in [3.05, 3.63) is 15.9 Å². The van der Waals surface area contributed by atoms with E-state index in [1.165, 1.54) is 0 Å². The summed E-state index contributed by atoms with van der Waals surface area (Å²) in [7, 11) is 1.80. The second-order valence-electron chi connectivity index (χ2n) is 2.85. The summed E-state index contributed by atoms with van der Waals surface area (Å²) in [5, 5.41) is 6.80. The molecule has 0 aliphatic carbocycles. The van der Waals surface area contributed by atoms with Crippen molar-refractivity contribution in [3.63, 3.8) is 0 Å². The van der Waals surface area contributed by atoms with Gasteiger partial charge < -0.3 is 5.32 Å². The second kappa shape index (κ2) is 4.84. The minimum atomic E-state index is -0.172. The zero-order valence-electron chi connectivity index (χ0n) is 8.04. The number of nitrogens with one attached hydrogen (secondary N) is 1. The molecule has 1 heterocycles. The second-order valence-corrected chi connectivity index (χ2v) is 4.09. The van der Waals surface area contributed by atoms with Crippen LogP contribution in [0.4, 0.5) is 0 Å². The molecule has 1 N–H and O–H groups in total. The Morgan fingerprint density at radius 3 is 2.79 bits per heavy atom. The van der Waals surface area contributed by atoms with E-state index in [2.05, 4.69) is 39.0 Å². The van der Waals surface area contributed by atoms with E-state index in [1.54, 1.807) is 11.7 Å². The van der Waals surface area contributed by atoms with E-state index in [0.717, 1.165) is 10.2 Å². The van der Waals surface area contributed by atoms with E-state index < -0.39 is 0 Å². The highest BCUT2D eigenvalue weighted by molar-refractivity contribution is 9.10. The fourth-order valence-corrected chi connectivity index (χ4v) is 1.61. The normalized spacial score (nSPS) is 10.3. The molecular weight excluding hydrogens is 266 g/mol. The summed E-state index contributed by atoms with van der Waals surface area (Å²) in [6, 6.07) is 0. The van der Waals surface area contributed by atoms with Crippen LogP contribution in [-0.4, -0.2) is 28.0 Å². The Morgan fingerprint density at radius 2 is 2.36 bits per heavy atom. The van der Waals surface area contributed by atoms with Crippen molar-refractivity contribution in [1.29, 1.82) is 0 Å². The molecule has 78 valence electrons. The Labute approximate surface area is 96.6 Å². The van der Waals surface area contributed by atoms with E-state index in [9.17, 15) is 4.79 Å². The van der Waals surface area contributed by atoms with Gasteiger partial charge in [0, 0.05) is 19.3 Å². The van der Waals surface area contributed by atoms with Crippen LogP contribution in [0.2, 0.25) is 0 Å². The molecule has 6 heteroatoms. The number of halogens is 1. The number of nitrogens with zero attached hydrogens (tertiary/aromatic N) is 2. The number of rotatable bonds is 3. The third-order valence-electron chi connectivity index (χ3n) is 1.87. The van der Waals surface area contributed by atoms with Gasteiger partial charge in [0.1, 0.15) is 0 Å². The fourth-order valence-electron chi connectivity index (χ4n) is 0.981. The first-order valence-corrected chi connectivity index (χ1v) is 5.58. The monoisotopic (exact) mass is 277 g/mol. The molecular formula is C8H12BrN3OS. The van der Waals surface area contributed by atoms with Crippen molar-refractivity contribution in [1.82, 2.24) is 15.1 Å². The lowest BCUT2D eigenvalue weighted by molar-refractivity contribution is 0.0950. The SMILES string of the molecule is Cc1c(Br)c(C(=O)NCCS)nn1C. The van der Waals surface area contributed by atoms with Crippen LogP contribution in [0.3, 0.4) is 0 Å². The maximum Gasteiger partial charge on any atom is 0.273 e. The molecule has 0 saturated heterocycles. The smallest absolute Gasteiger partial charge is 0.273 e. The summed E-state index contributed by atoms with van der Waals surface area (Å²) >= 11 is 7.34. The van der Waals surface area contributed by atoms with Gasteiger partial charge >= 0.3 is 0 Å². The van der Waals surface area contributed by atoms with Crippen LogP contribution in [0.1, 0.15) is 16.2 Å². The molecule has 1 aromatic rings.